The van der Waals surface area contributed by atoms with Gasteiger partial charge in [-0.1, -0.05) is 30.9 Å². The van der Waals surface area contributed by atoms with Crippen LogP contribution in [0.4, 0.5) is 5.69 Å². The smallest absolute Gasteiger partial charge is 0.261 e. The number of carbonyl (C=O) groups excluding carboxylic acids is 2. The summed E-state index contributed by atoms with van der Waals surface area (Å²) < 4.78 is 0. The quantitative estimate of drug-likeness (QED) is 0.508. The Morgan fingerprint density at radius 1 is 1.15 bits per heavy atom. The van der Waals surface area contributed by atoms with Gasteiger partial charge in [-0.2, -0.15) is 0 Å². The summed E-state index contributed by atoms with van der Waals surface area (Å²) >= 11 is 6.45. The molecule has 1 aromatic rings. The first-order chi connectivity index (χ1) is 12.1. The van der Waals surface area contributed by atoms with Crippen LogP contribution < -0.4 is 4.90 Å². The summed E-state index contributed by atoms with van der Waals surface area (Å²) in [7, 11) is 0. The first-order valence-electron chi connectivity index (χ1n) is 8.89. The van der Waals surface area contributed by atoms with E-state index in [2.05, 4.69) is 26.6 Å². The van der Waals surface area contributed by atoms with E-state index >= 15 is 0 Å². The standard InChI is InChI=1S/C21H25ClNO2P/c1-13-10-18(22)15(11-14(2)26(3,4)5)12-19(13)23-20(24)16-8-6-7-9-17(16)21(23)25/h10-12H,3,6-9H2,1-2,4-5H3. The highest BCUT2D eigenvalue weighted by Gasteiger charge is 2.40. The summed E-state index contributed by atoms with van der Waals surface area (Å²) in [6, 6.07) is 3.70. The number of halogens is 1. The average molecular weight is 390 g/mol. The number of aryl methyl sites for hydroxylation is 1. The molecule has 1 aliphatic heterocycles. The molecular formula is C21H25ClNO2P. The number of allylic oxidation sites excluding steroid dienone is 1. The van der Waals surface area contributed by atoms with Crippen molar-refractivity contribution in [1.29, 1.82) is 0 Å². The van der Waals surface area contributed by atoms with Gasteiger partial charge in [-0.25, -0.2) is 4.90 Å². The molecule has 0 unspecified atom stereocenters. The number of hydrogen-bond acceptors (Lipinski definition) is 2. The third-order valence-corrected chi connectivity index (χ3v) is 7.63. The van der Waals surface area contributed by atoms with Gasteiger partial charge >= 0.3 is 0 Å². The summed E-state index contributed by atoms with van der Waals surface area (Å²) in [5.74, 6) is -0.321. The number of imide groups is 1. The van der Waals surface area contributed by atoms with E-state index in [4.69, 9.17) is 11.6 Å². The van der Waals surface area contributed by atoms with Gasteiger partial charge in [0.25, 0.3) is 11.8 Å². The van der Waals surface area contributed by atoms with E-state index < -0.39 is 6.89 Å². The van der Waals surface area contributed by atoms with E-state index in [9.17, 15) is 9.59 Å². The van der Waals surface area contributed by atoms with Crippen LogP contribution in [0.2, 0.25) is 5.02 Å². The van der Waals surface area contributed by atoms with Crippen LogP contribution in [0.25, 0.3) is 6.08 Å². The molecule has 2 amide bonds. The van der Waals surface area contributed by atoms with E-state index in [0.717, 1.165) is 24.0 Å². The topological polar surface area (TPSA) is 37.4 Å². The maximum absolute atomic E-state index is 12.9. The summed E-state index contributed by atoms with van der Waals surface area (Å²) in [5.41, 5.74) is 3.70. The molecule has 0 aromatic heterocycles. The van der Waals surface area contributed by atoms with Crippen LogP contribution in [0.5, 0.6) is 0 Å². The number of rotatable bonds is 3. The van der Waals surface area contributed by atoms with Gasteiger partial charge in [-0.05, 0) is 81.4 Å². The Balaban J connectivity index is 2.07. The first kappa shape index (κ1) is 19.2. The Bertz CT molecular complexity index is 892. The van der Waals surface area contributed by atoms with E-state index in [1.807, 2.05) is 25.1 Å². The third-order valence-electron chi connectivity index (χ3n) is 5.27. The van der Waals surface area contributed by atoms with Crippen molar-refractivity contribution in [2.45, 2.75) is 39.5 Å². The molecule has 0 saturated heterocycles. The lowest BCUT2D eigenvalue weighted by molar-refractivity contribution is -0.120. The van der Waals surface area contributed by atoms with Gasteiger partial charge < -0.3 is 0 Å². The zero-order chi connectivity index (χ0) is 19.2. The molecule has 0 bridgehead atoms. The van der Waals surface area contributed by atoms with Crippen LogP contribution in [0, 0.1) is 6.92 Å². The molecule has 0 fully saturated rings. The largest absolute Gasteiger partial charge is 0.269 e. The monoisotopic (exact) mass is 389 g/mol. The van der Waals surface area contributed by atoms with Crippen molar-refractivity contribution >= 4 is 48.4 Å². The van der Waals surface area contributed by atoms with Gasteiger partial charge in [0.15, 0.2) is 0 Å². The van der Waals surface area contributed by atoms with Crippen LogP contribution >= 0.6 is 18.5 Å². The maximum atomic E-state index is 12.9. The molecule has 3 nitrogen and oxygen atoms in total. The molecule has 0 saturated carbocycles. The third kappa shape index (κ3) is 3.35. The normalized spacial score (nSPS) is 18.7. The minimum Gasteiger partial charge on any atom is -0.269 e. The zero-order valence-electron chi connectivity index (χ0n) is 15.9. The minimum atomic E-state index is -1.39. The maximum Gasteiger partial charge on any atom is 0.261 e. The van der Waals surface area contributed by atoms with Crippen LogP contribution in [0.15, 0.2) is 28.6 Å². The van der Waals surface area contributed by atoms with Crippen LogP contribution in [-0.2, 0) is 9.59 Å². The van der Waals surface area contributed by atoms with Gasteiger partial charge in [-0.3, -0.25) is 9.59 Å². The fraction of sp³-hybridized carbons (Fsp3) is 0.381. The first-order valence-corrected chi connectivity index (χ1v) is 12.1. The number of carbonyl (C=O) groups is 2. The second-order valence-electron chi connectivity index (χ2n) is 7.74. The lowest BCUT2D eigenvalue weighted by Crippen LogP contribution is -2.32. The summed E-state index contributed by atoms with van der Waals surface area (Å²) in [6.07, 6.45) is 9.65. The number of benzene rings is 1. The van der Waals surface area contributed by atoms with Gasteiger partial charge in [0, 0.05) is 16.2 Å². The lowest BCUT2D eigenvalue weighted by atomic mass is 9.93. The van der Waals surface area contributed by atoms with Crippen molar-refractivity contribution in [1.82, 2.24) is 0 Å². The molecule has 0 radical (unpaired) electrons. The molecule has 0 spiro atoms. The van der Waals surface area contributed by atoms with Gasteiger partial charge in [-0.15, -0.1) is 0 Å². The Hall–Kier alpha value is -1.57. The van der Waals surface area contributed by atoms with Crippen molar-refractivity contribution in [2.75, 3.05) is 18.2 Å². The van der Waals surface area contributed by atoms with E-state index in [-0.39, 0.29) is 11.8 Å². The van der Waals surface area contributed by atoms with E-state index in [1.165, 1.54) is 10.2 Å². The second kappa shape index (κ2) is 6.87. The highest BCUT2D eigenvalue weighted by molar-refractivity contribution is 7.76. The molecule has 1 aliphatic carbocycles. The van der Waals surface area contributed by atoms with Gasteiger partial charge in [0.05, 0.1) is 5.69 Å². The molecular weight excluding hydrogens is 365 g/mol. The second-order valence-corrected chi connectivity index (χ2v) is 12.2. The fourth-order valence-corrected chi connectivity index (χ4v) is 4.15. The highest BCUT2D eigenvalue weighted by atomic mass is 35.5. The molecule has 5 heteroatoms. The Labute approximate surface area is 160 Å². The SMILES string of the molecule is C=P(C)(C)C(C)=Cc1cc(N2C(=O)C3=C(CCCC3)C2=O)c(C)cc1Cl. The number of anilines is 1. The van der Waals surface area contributed by atoms with Crippen LogP contribution in [-0.4, -0.2) is 31.4 Å². The lowest BCUT2D eigenvalue weighted by Gasteiger charge is -2.20. The molecule has 0 N–H and O–H groups in total. The van der Waals surface area contributed by atoms with Crippen LogP contribution in [0.1, 0.15) is 43.7 Å². The number of amides is 2. The predicted molar refractivity (Wildman–Crippen MR) is 114 cm³/mol. The minimum absolute atomic E-state index is 0.160. The average Bonchev–Trinajstić information content (AvgIpc) is 2.81. The van der Waals surface area contributed by atoms with Crippen molar-refractivity contribution in [3.8, 4) is 0 Å². The Kier molecular flexibility index (Phi) is 5.07. The van der Waals surface area contributed by atoms with Crippen molar-refractivity contribution < 1.29 is 9.59 Å². The molecule has 0 atom stereocenters. The van der Waals surface area contributed by atoms with E-state index in [0.29, 0.717) is 34.7 Å². The van der Waals surface area contributed by atoms with Gasteiger partial charge in [0.2, 0.25) is 0 Å². The van der Waals surface area contributed by atoms with Gasteiger partial charge in [0.1, 0.15) is 0 Å². The number of hydrogen-bond donors (Lipinski definition) is 0. The summed E-state index contributed by atoms with van der Waals surface area (Å²) in [6.45, 7) is 6.84. The van der Waals surface area contributed by atoms with E-state index in [1.54, 1.807) is 0 Å². The highest BCUT2D eigenvalue weighted by Crippen LogP contribution is 2.47. The van der Waals surface area contributed by atoms with Crippen molar-refractivity contribution in [2.24, 2.45) is 0 Å². The van der Waals surface area contributed by atoms with Crippen molar-refractivity contribution in [3.05, 3.63) is 44.7 Å². The fourth-order valence-electron chi connectivity index (χ4n) is 3.39. The Morgan fingerprint density at radius 2 is 1.69 bits per heavy atom. The molecule has 1 heterocycles. The zero-order valence-corrected chi connectivity index (χ0v) is 17.5. The number of nitrogens with zero attached hydrogens (tertiary/aromatic N) is 1. The molecule has 2 aliphatic rings. The molecule has 26 heavy (non-hydrogen) atoms. The molecule has 1 aromatic carbocycles. The molecule has 138 valence electrons. The summed E-state index contributed by atoms with van der Waals surface area (Å²) in [4.78, 5) is 27.1. The Morgan fingerprint density at radius 3 is 2.19 bits per heavy atom. The summed E-state index contributed by atoms with van der Waals surface area (Å²) in [5, 5.41) is 1.81. The molecule has 3 rings (SSSR count). The van der Waals surface area contributed by atoms with Crippen LogP contribution in [0.3, 0.4) is 0 Å². The predicted octanol–water partition coefficient (Wildman–Crippen LogP) is 5.46. The van der Waals surface area contributed by atoms with Crippen molar-refractivity contribution in [3.63, 3.8) is 0 Å².